The van der Waals surface area contributed by atoms with Crippen LogP contribution in [0.4, 0.5) is 13.2 Å². The van der Waals surface area contributed by atoms with Crippen molar-refractivity contribution in [2.45, 2.75) is 18.8 Å². The lowest BCUT2D eigenvalue weighted by atomic mass is 10.2. The van der Waals surface area contributed by atoms with Crippen LogP contribution in [0.25, 0.3) is 0 Å². The van der Waals surface area contributed by atoms with Crippen molar-refractivity contribution in [3.05, 3.63) is 42.0 Å². The molecule has 0 spiro atoms. The van der Waals surface area contributed by atoms with E-state index in [2.05, 4.69) is 9.68 Å². The van der Waals surface area contributed by atoms with Gasteiger partial charge >= 0.3 is 6.18 Å². The Morgan fingerprint density at radius 1 is 1.47 bits per heavy atom. The lowest BCUT2D eigenvalue weighted by molar-refractivity contribution is -0.206. The Morgan fingerprint density at radius 2 is 2.24 bits per heavy atom. The van der Waals surface area contributed by atoms with Crippen molar-refractivity contribution >= 4 is 0 Å². The van der Waals surface area contributed by atoms with Crippen LogP contribution < -0.4 is 0 Å². The summed E-state index contributed by atoms with van der Waals surface area (Å²) in [5.41, 5.74) is 0.544. The fourth-order valence-electron chi connectivity index (χ4n) is 1.42. The number of halogens is 3. The molecule has 1 N–H and O–H groups in total. The third kappa shape index (κ3) is 2.68. The van der Waals surface area contributed by atoms with Gasteiger partial charge in [0.15, 0.2) is 6.10 Å². The third-order valence-corrected chi connectivity index (χ3v) is 2.25. The van der Waals surface area contributed by atoms with Crippen LogP contribution >= 0.6 is 0 Å². The van der Waals surface area contributed by atoms with Crippen molar-refractivity contribution in [3.63, 3.8) is 0 Å². The summed E-state index contributed by atoms with van der Waals surface area (Å²) in [5.74, 6) is 0. The summed E-state index contributed by atoms with van der Waals surface area (Å²) in [4.78, 5) is 0. The van der Waals surface area contributed by atoms with Crippen molar-refractivity contribution in [2.24, 2.45) is 0 Å². The van der Waals surface area contributed by atoms with E-state index in [1.54, 1.807) is 0 Å². The molecule has 0 aliphatic heterocycles. The predicted octanol–water partition coefficient (Wildman–Crippen LogP) is 2.12. The van der Waals surface area contributed by atoms with E-state index in [9.17, 15) is 13.2 Å². The second-order valence-electron chi connectivity index (χ2n) is 3.59. The van der Waals surface area contributed by atoms with Gasteiger partial charge in [-0.1, -0.05) is 5.16 Å². The predicted molar refractivity (Wildman–Crippen MR) is 51.1 cm³/mol. The third-order valence-electron chi connectivity index (χ3n) is 2.25. The van der Waals surface area contributed by atoms with Crippen molar-refractivity contribution in [2.75, 3.05) is 0 Å². The summed E-state index contributed by atoms with van der Waals surface area (Å²) in [5, 5.41) is 12.5. The molecule has 4 nitrogen and oxygen atoms in total. The van der Waals surface area contributed by atoms with E-state index in [-0.39, 0.29) is 5.56 Å². The Labute approximate surface area is 94.3 Å². The molecule has 92 valence electrons. The van der Waals surface area contributed by atoms with Crippen LogP contribution in [-0.2, 0) is 6.54 Å². The van der Waals surface area contributed by atoms with Crippen molar-refractivity contribution in [1.82, 2.24) is 9.72 Å². The van der Waals surface area contributed by atoms with Crippen LogP contribution in [0.5, 0.6) is 0 Å². The van der Waals surface area contributed by atoms with E-state index in [1.165, 1.54) is 35.5 Å². The zero-order valence-corrected chi connectivity index (χ0v) is 8.55. The molecule has 2 aromatic rings. The van der Waals surface area contributed by atoms with Gasteiger partial charge in [0.1, 0.15) is 6.26 Å². The average molecular weight is 246 g/mol. The zero-order chi connectivity index (χ0) is 12.5. The van der Waals surface area contributed by atoms with Gasteiger partial charge in [-0.2, -0.15) is 13.2 Å². The molecule has 0 amide bonds. The highest BCUT2D eigenvalue weighted by molar-refractivity contribution is 5.16. The molecule has 0 radical (unpaired) electrons. The number of aliphatic hydroxyl groups excluding tert-OH is 1. The summed E-state index contributed by atoms with van der Waals surface area (Å²) in [6.07, 6.45) is -1.53. The number of alkyl halides is 3. The molecule has 0 aliphatic rings. The molecular formula is C10H9F3N2O2. The van der Waals surface area contributed by atoms with Crippen LogP contribution in [0.1, 0.15) is 17.2 Å². The van der Waals surface area contributed by atoms with E-state index >= 15 is 0 Å². The van der Waals surface area contributed by atoms with Gasteiger partial charge in [-0.15, -0.1) is 0 Å². The van der Waals surface area contributed by atoms with Gasteiger partial charge < -0.3 is 14.2 Å². The molecule has 0 saturated carbocycles. The Morgan fingerprint density at radius 3 is 2.82 bits per heavy atom. The molecule has 2 rings (SSSR count). The van der Waals surface area contributed by atoms with Crippen LogP contribution in [0.3, 0.4) is 0 Å². The first-order valence-electron chi connectivity index (χ1n) is 4.75. The van der Waals surface area contributed by atoms with Crippen LogP contribution in [0.15, 0.2) is 35.4 Å². The van der Waals surface area contributed by atoms with Gasteiger partial charge in [-0.25, -0.2) is 0 Å². The first-order chi connectivity index (χ1) is 7.97. The van der Waals surface area contributed by atoms with Crippen LogP contribution in [-0.4, -0.2) is 21.0 Å². The highest BCUT2D eigenvalue weighted by atomic mass is 19.4. The van der Waals surface area contributed by atoms with Crippen LogP contribution in [0, 0.1) is 0 Å². The molecule has 0 bridgehead atoms. The number of nitrogens with zero attached hydrogens (tertiary/aromatic N) is 2. The van der Waals surface area contributed by atoms with E-state index in [1.807, 2.05) is 0 Å². The standard InChI is InChI=1S/C10H9F3N2O2/c11-10(12,13)9(16)8-1-2-15(5-8)4-7-3-14-17-6-7/h1-3,5-6,9,16H,4H2. The normalized spacial score (nSPS) is 13.9. The first kappa shape index (κ1) is 11.7. The number of rotatable bonds is 3. The van der Waals surface area contributed by atoms with E-state index < -0.39 is 12.3 Å². The van der Waals surface area contributed by atoms with Gasteiger partial charge in [0.05, 0.1) is 12.7 Å². The maximum atomic E-state index is 12.2. The molecule has 17 heavy (non-hydrogen) atoms. The molecule has 2 aromatic heterocycles. The second-order valence-corrected chi connectivity index (χ2v) is 3.59. The van der Waals surface area contributed by atoms with Crippen molar-refractivity contribution in [1.29, 1.82) is 0 Å². The maximum absolute atomic E-state index is 12.2. The number of hydrogen-bond acceptors (Lipinski definition) is 3. The monoisotopic (exact) mass is 246 g/mol. The highest BCUT2D eigenvalue weighted by Crippen LogP contribution is 2.32. The summed E-state index contributed by atoms with van der Waals surface area (Å²) in [6.45, 7) is 0.341. The average Bonchev–Trinajstić information content (AvgIpc) is 2.87. The minimum atomic E-state index is -4.65. The van der Waals surface area contributed by atoms with Gasteiger partial charge in [-0.05, 0) is 6.07 Å². The summed E-state index contributed by atoms with van der Waals surface area (Å²) >= 11 is 0. The SMILES string of the molecule is OC(c1ccn(Cc2cnoc2)c1)C(F)(F)F. The molecule has 0 aliphatic carbocycles. The fourth-order valence-corrected chi connectivity index (χ4v) is 1.42. The minimum absolute atomic E-state index is 0.186. The van der Waals surface area contributed by atoms with Crippen molar-refractivity contribution in [3.8, 4) is 0 Å². The number of aliphatic hydroxyl groups is 1. The molecule has 7 heteroatoms. The quantitative estimate of drug-likeness (QED) is 0.902. The Hall–Kier alpha value is -1.76. The number of hydrogen-bond donors (Lipinski definition) is 1. The van der Waals surface area contributed by atoms with E-state index in [0.717, 1.165) is 5.56 Å². The summed E-state index contributed by atoms with van der Waals surface area (Å²) < 4.78 is 42.8. The molecule has 2 heterocycles. The molecule has 0 fully saturated rings. The maximum Gasteiger partial charge on any atom is 0.418 e. The lowest BCUT2D eigenvalue weighted by Gasteiger charge is -2.12. The van der Waals surface area contributed by atoms with Gasteiger partial charge in [0.25, 0.3) is 0 Å². The van der Waals surface area contributed by atoms with E-state index in [4.69, 9.17) is 5.11 Å². The fraction of sp³-hybridized carbons (Fsp3) is 0.300. The molecule has 0 saturated heterocycles. The Bertz CT molecular complexity index is 476. The molecule has 0 aromatic carbocycles. The largest absolute Gasteiger partial charge is 0.418 e. The highest BCUT2D eigenvalue weighted by Gasteiger charge is 2.39. The van der Waals surface area contributed by atoms with E-state index in [0.29, 0.717) is 6.54 Å². The van der Waals surface area contributed by atoms with Gasteiger partial charge in [-0.3, -0.25) is 0 Å². The molecule has 1 unspecified atom stereocenters. The molecule has 1 atom stereocenters. The zero-order valence-electron chi connectivity index (χ0n) is 8.55. The first-order valence-corrected chi connectivity index (χ1v) is 4.75. The van der Waals surface area contributed by atoms with Gasteiger partial charge in [0, 0.05) is 23.5 Å². The number of aromatic nitrogens is 2. The Kier molecular flexibility index (Phi) is 2.93. The summed E-state index contributed by atoms with van der Waals surface area (Å²) in [7, 11) is 0. The topological polar surface area (TPSA) is 51.2 Å². The smallest absolute Gasteiger partial charge is 0.379 e. The minimum Gasteiger partial charge on any atom is -0.379 e. The lowest BCUT2D eigenvalue weighted by Crippen LogP contribution is -2.19. The van der Waals surface area contributed by atoms with Crippen LogP contribution in [0.2, 0.25) is 0 Å². The molecular weight excluding hydrogens is 237 g/mol. The summed E-state index contributed by atoms with van der Waals surface area (Å²) in [6, 6.07) is 1.23. The Balaban J connectivity index is 2.11. The second kappa shape index (κ2) is 4.25. The van der Waals surface area contributed by atoms with Gasteiger partial charge in [0.2, 0.25) is 0 Å². The van der Waals surface area contributed by atoms with Crippen molar-refractivity contribution < 1.29 is 22.8 Å².